The van der Waals surface area contributed by atoms with Crippen molar-refractivity contribution in [3.05, 3.63) is 103 Å². The molecule has 6 nitrogen and oxygen atoms in total. The summed E-state index contributed by atoms with van der Waals surface area (Å²) < 4.78 is 3.65. The first-order valence-corrected chi connectivity index (χ1v) is 11.0. The van der Waals surface area contributed by atoms with E-state index in [2.05, 4.69) is 26.2 Å². The van der Waals surface area contributed by atoms with E-state index in [-0.39, 0.29) is 10.5 Å². The molecule has 0 saturated carbocycles. The fraction of sp³-hybridized carbons (Fsp3) is 0.0435. The molecule has 9 heteroatoms. The Morgan fingerprint density at radius 1 is 0.875 bits per heavy atom. The first-order chi connectivity index (χ1) is 15.3. The number of aryl methyl sites for hydroxylation is 1. The molecule has 0 bridgehead atoms. The molecule has 0 unspecified atom stereocenters. The minimum Gasteiger partial charge on any atom is -0.492 e. The van der Waals surface area contributed by atoms with Crippen molar-refractivity contribution < 1.29 is 5.11 Å². The van der Waals surface area contributed by atoms with E-state index >= 15 is 0 Å². The van der Waals surface area contributed by atoms with E-state index in [9.17, 15) is 9.90 Å². The third-order valence-electron chi connectivity index (χ3n) is 4.68. The molecule has 1 heterocycles. The maximum Gasteiger partial charge on any atom is 0.290 e. The quantitative estimate of drug-likeness (QED) is 0.225. The van der Waals surface area contributed by atoms with E-state index in [1.807, 2.05) is 19.1 Å². The predicted molar refractivity (Wildman–Crippen MR) is 132 cm³/mol. The van der Waals surface area contributed by atoms with E-state index in [4.69, 9.17) is 23.8 Å². The fourth-order valence-corrected chi connectivity index (χ4v) is 3.80. The second-order valence-electron chi connectivity index (χ2n) is 6.92. The average Bonchev–Trinajstić information content (AvgIpc) is 2.77. The number of halogens is 2. The molecule has 1 aromatic heterocycles. The summed E-state index contributed by atoms with van der Waals surface area (Å²) in [6, 6.07) is 21.1. The molecular weight excluding hydrogens is 512 g/mol. The van der Waals surface area contributed by atoms with Crippen LogP contribution in [-0.2, 0) is 0 Å². The van der Waals surface area contributed by atoms with Gasteiger partial charge in [0.15, 0.2) is 4.77 Å². The van der Waals surface area contributed by atoms with Gasteiger partial charge < -0.3 is 5.11 Å². The Kier molecular flexibility index (Phi) is 6.36. The highest BCUT2D eigenvalue weighted by atomic mass is 79.9. The maximum absolute atomic E-state index is 13.3. The zero-order chi connectivity index (χ0) is 22.8. The molecule has 3 aromatic carbocycles. The van der Waals surface area contributed by atoms with Gasteiger partial charge in [-0.1, -0.05) is 45.2 Å². The summed E-state index contributed by atoms with van der Waals surface area (Å²) in [4.78, 5) is 13.3. The van der Waals surface area contributed by atoms with Gasteiger partial charge in [-0.25, -0.2) is 0 Å². The van der Waals surface area contributed by atoms with Gasteiger partial charge in [0.2, 0.25) is 11.6 Å². The van der Waals surface area contributed by atoms with Gasteiger partial charge in [0.05, 0.1) is 17.1 Å². The van der Waals surface area contributed by atoms with Crippen LogP contribution in [0.5, 0.6) is 5.88 Å². The zero-order valence-corrected chi connectivity index (χ0v) is 19.9. The number of rotatable bonds is 4. The highest BCUT2D eigenvalue weighted by Gasteiger charge is 2.19. The maximum atomic E-state index is 13.3. The van der Waals surface area contributed by atoms with E-state index < -0.39 is 11.4 Å². The van der Waals surface area contributed by atoms with Crippen LogP contribution >= 0.6 is 39.7 Å². The number of hydrogen-bond donors (Lipinski definition) is 1. The molecule has 0 radical (unpaired) electrons. The van der Waals surface area contributed by atoms with Crippen molar-refractivity contribution >= 4 is 51.1 Å². The van der Waals surface area contributed by atoms with Crippen molar-refractivity contribution in [3.63, 3.8) is 0 Å². The minimum atomic E-state index is -0.598. The third-order valence-corrected chi connectivity index (χ3v) is 5.83. The molecule has 1 N–H and O–H groups in total. The van der Waals surface area contributed by atoms with E-state index in [0.717, 1.165) is 10.0 Å². The normalized spacial score (nSPS) is 11.2. The van der Waals surface area contributed by atoms with Gasteiger partial charge in [-0.15, -0.1) is 5.11 Å². The standard InChI is InChI=1S/C23H16BrClN4O2S/c1-14-2-10-18(11-3-14)28-21(30)20(27-26-17-8-4-15(24)5-9-17)22(31)29(23(28)32)19-12-6-16(25)7-13-19/h2-13,30H,1H3. The van der Waals surface area contributed by atoms with Crippen LogP contribution in [0.15, 0.2) is 92.3 Å². The molecule has 32 heavy (non-hydrogen) atoms. The molecule has 0 fully saturated rings. The summed E-state index contributed by atoms with van der Waals surface area (Å²) in [6.45, 7) is 1.95. The van der Waals surface area contributed by atoms with E-state index in [1.165, 1.54) is 9.13 Å². The zero-order valence-electron chi connectivity index (χ0n) is 16.7. The molecule has 0 atom stereocenters. The first-order valence-electron chi connectivity index (χ1n) is 9.46. The van der Waals surface area contributed by atoms with Gasteiger partial charge in [0.25, 0.3) is 5.56 Å². The second kappa shape index (κ2) is 9.20. The predicted octanol–water partition coefficient (Wildman–Crippen LogP) is 7.20. The Morgan fingerprint density at radius 3 is 2.06 bits per heavy atom. The number of azo groups is 1. The molecule has 160 valence electrons. The summed E-state index contributed by atoms with van der Waals surface area (Å²) in [5.41, 5.74) is 1.80. The summed E-state index contributed by atoms with van der Waals surface area (Å²) in [6.07, 6.45) is 0. The Balaban J connectivity index is 1.99. The van der Waals surface area contributed by atoms with Crippen LogP contribution in [0.3, 0.4) is 0 Å². The Morgan fingerprint density at radius 2 is 1.44 bits per heavy atom. The average molecular weight is 528 g/mol. The number of aromatic nitrogens is 2. The molecule has 0 aliphatic rings. The molecule has 4 aromatic rings. The second-order valence-corrected chi connectivity index (χ2v) is 8.64. The van der Waals surface area contributed by atoms with Crippen LogP contribution in [0, 0.1) is 11.7 Å². The van der Waals surface area contributed by atoms with Crippen molar-refractivity contribution in [1.82, 2.24) is 9.13 Å². The van der Waals surface area contributed by atoms with Crippen molar-refractivity contribution in [2.75, 3.05) is 0 Å². The smallest absolute Gasteiger partial charge is 0.290 e. The topological polar surface area (TPSA) is 71.9 Å². The molecule has 4 rings (SSSR count). The van der Waals surface area contributed by atoms with Crippen LogP contribution in [0.2, 0.25) is 5.02 Å². The molecule has 0 saturated heterocycles. The largest absolute Gasteiger partial charge is 0.492 e. The monoisotopic (exact) mass is 526 g/mol. The number of nitrogens with zero attached hydrogens (tertiary/aromatic N) is 4. The van der Waals surface area contributed by atoms with Gasteiger partial charge in [0.1, 0.15) is 0 Å². The van der Waals surface area contributed by atoms with Gasteiger partial charge in [-0.2, -0.15) is 5.11 Å². The fourth-order valence-electron chi connectivity index (χ4n) is 3.03. The molecule has 0 amide bonds. The summed E-state index contributed by atoms with van der Waals surface area (Å²) in [5, 5.41) is 19.7. The third kappa shape index (κ3) is 4.43. The van der Waals surface area contributed by atoms with Gasteiger partial charge >= 0.3 is 0 Å². The van der Waals surface area contributed by atoms with Crippen molar-refractivity contribution in [2.24, 2.45) is 10.2 Å². The molecule has 0 spiro atoms. The van der Waals surface area contributed by atoms with Gasteiger partial charge in [-0.3, -0.25) is 13.9 Å². The molecular formula is C23H16BrClN4O2S. The minimum absolute atomic E-state index is 0.0845. The summed E-state index contributed by atoms with van der Waals surface area (Å²) in [5.74, 6) is -0.394. The van der Waals surface area contributed by atoms with Crippen molar-refractivity contribution in [3.8, 4) is 17.3 Å². The Hall–Kier alpha value is -3.07. The lowest BCUT2D eigenvalue weighted by atomic mass is 10.2. The lowest BCUT2D eigenvalue weighted by molar-refractivity contribution is 0.432. The van der Waals surface area contributed by atoms with Crippen LogP contribution in [0.25, 0.3) is 11.4 Å². The van der Waals surface area contributed by atoms with Crippen LogP contribution in [0.1, 0.15) is 5.56 Å². The molecule has 0 aliphatic carbocycles. The SMILES string of the molecule is Cc1ccc(-n2c(O)c(N=Nc3ccc(Br)cc3)c(=O)n(-c3ccc(Cl)cc3)c2=S)cc1. The summed E-state index contributed by atoms with van der Waals surface area (Å²) >= 11 is 15.0. The molecule has 0 aliphatic heterocycles. The lowest BCUT2D eigenvalue weighted by Crippen LogP contribution is -2.23. The van der Waals surface area contributed by atoms with E-state index in [0.29, 0.717) is 22.1 Å². The van der Waals surface area contributed by atoms with Gasteiger partial charge in [-0.05, 0) is 79.8 Å². The number of aromatic hydroxyl groups is 1. The van der Waals surface area contributed by atoms with Crippen molar-refractivity contribution in [2.45, 2.75) is 6.92 Å². The van der Waals surface area contributed by atoms with E-state index in [1.54, 1.807) is 60.7 Å². The van der Waals surface area contributed by atoms with Gasteiger partial charge in [0, 0.05) is 9.50 Å². The Bertz CT molecular complexity index is 1430. The highest BCUT2D eigenvalue weighted by Crippen LogP contribution is 2.29. The number of hydrogen-bond acceptors (Lipinski definition) is 5. The Labute approximate surface area is 202 Å². The first kappa shape index (κ1) is 22.1. The highest BCUT2D eigenvalue weighted by molar-refractivity contribution is 9.10. The van der Waals surface area contributed by atoms with Crippen LogP contribution in [-0.4, -0.2) is 14.2 Å². The lowest BCUT2D eigenvalue weighted by Gasteiger charge is -2.16. The van der Waals surface area contributed by atoms with Crippen LogP contribution in [0.4, 0.5) is 11.4 Å². The van der Waals surface area contributed by atoms with Crippen LogP contribution < -0.4 is 5.56 Å². The summed E-state index contributed by atoms with van der Waals surface area (Å²) in [7, 11) is 0. The number of benzene rings is 3. The van der Waals surface area contributed by atoms with Crippen molar-refractivity contribution in [1.29, 1.82) is 0 Å².